The maximum atomic E-state index is 14.2. The fraction of sp³-hybridized carbons (Fsp3) is 0.778. The number of pyridine rings is 1. The third-order valence-corrected chi connectivity index (χ3v) is 16.4. The van der Waals surface area contributed by atoms with Crippen molar-refractivity contribution in [3.63, 3.8) is 0 Å². The van der Waals surface area contributed by atoms with E-state index >= 15 is 0 Å². The number of ketones is 1. The van der Waals surface area contributed by atoms with Gasteiger partial charge in [0.15, 0.2) is 5.78 Å². The normalized spacial score (nSPS) is 36.5. The molecule has 6 rings (SSSR count). The zero-order chi connectivity index (χ0) is 38.8. The molecule has 0 saturated heterocycles. The second kappa shape index (κ2) is 14.2. The van der Waals surface area contributed by atoms with E-state index in [1.165, 1.54) is 11.1 Å². The Labute approximate surface area is 319 Å². The summed E-state index contributed by atoms with van der Waals surface area (Å²) in [6.07, 6.45) is 13.7. The summed E-state index contributed by atoms with van der Waals surface area (Å²) >= 11 is 0. The molecule has 4 fully saturated rings. The van der Waals surface area contributed by atoms with E-state index in [1.807, 2.05) is 18.5 Å². The van der Waals surface area contributed by atoms with Crippen LogP contribution in [0, 0.1) is 56.2 Å². The van der Waals surface area contributed by atoms with Gasteiger partial charge >= 0.3 is 11.9 Å². The molecule has 0 bridgehead atoms. The first kappa shape index (κ1) is 40.1. The van der Waals surface area contributed by atoms with E-state index in [1.54, 1.807) is 13.8 Å². The third kappa shape index (κ3) is 6.63. The van der Waals surface area contributed by atoms with Gasteiger partial charge in [-0.05, 0) is 135 Å². The second-order valence-electron chi connectivity index (χ2n) is 20.4. The molecule has 1 heterocycles. The van der Waals surface area contributed by atoms with Gasteiger partial charge in [0, 0.05) is 49.3 Å². The molecule has 3 N–H and O–H groups in total. The van der Waals surface area contributed by atoms with E-state index < -0.39 is 17.4 Å². The maximum absolute atomic E-state index is 14.2. The number of aromatic nitrogens is 1. The van der Waals surface area contributed by atoms with Gasteiger partial charge in [0.25, 0.3) is 0 Å². The number of carboxylic acids is 1. The van der Waals surface area contributed by atoms with Crippen molar-refractivity contribution >= 4 is 17.7 Å². The Morgan fingerprint density at radius 3 is 2.38 bits per heavy atom. The highest BCUT2D eigenvalue weighted by atomic mass is 16.5. The Morgan fingerprint density at radius 2 is 1.74 bits per heavy atom. The summed E-state index contributed by atoms with van der Waals surface area (Å²) in [5.74, 6) is 0.587. The lowest BCUT2D eigenvalue weighted by molar-refractivity contribution is -0.233. The number of rotatable bonds is 12. The van der Waals surface area contributed by atoms with E-state index in [4.69, 9.17) is 10.5 Å². The van der Waals surface area contributed by atoms with Crippen LogP contribution in [0.1, 0.15) is 139 Å². The van der Waals surface area contributed by atoms with Crippen LogP contribution in [0.2, 0.25) is 0 Å². The number of Topliss-reactive ketones (excluding diaryl/α,β-unsaturated/α-hetero) is 1. The van der Waals surface area contributed by atoms with E-state index in [0.717, 1.165) is 83.0 Å². The number of ether oxygens (including phenoxy) is 1. The summed E-state index contributed by atoms with van der Waals surface area (Å²) in [4.78, 5) is 45.9. The minimum atomic E-state index is -1.15. The smallest absolute Gasteiger partial charge is 0.309 e. The van der Waals surface area contributed by atoms with Crippen LogP contribution in [0.25, 0.3) is 0 Å². The molecule has 1 aromatic rings. The van der Waals surface area contributed by atoms with Crippen LogP contribution in [0.5, 0.6) is 0 Å². The molecule has 0 radical (unpaired) electrons. The van der Waals surface area contributed by atoms with Crippen molar-refractivity contribution in [2.75, 3.05) is 19.6 Å². The largest absolute Gasteiger partial charge is 0.481 e. The number of nitrogens with zero attached hydrogens (tertiary/aromatic N) is 2. The summed E-state index contributed by atoms with van der Waals surface area (Å²) in [6.45, 7) is 23.2. The Kier molecular flexibility index (Phi) is 10.7. The third-order valence-electron chi connectivity index (χ3n) is 16.4. The number of carbonyl (C=O) groups is 3. The summed E-state index contributed by atoms with van der Waals surface area (Å²) in [5.41, 5.74) is 8.90. The highest BCUT2D eigenvalue weighted by molar-refractivity contribution is 6.00. The summed E-state index contributed by atoms with van der Waals surface area (Å²) in [6, 6.07) is 4.14. The molecular weight excluding hydrogens is 663 g/mol. The SMILES string of the molecule is CC(C)C1=C2[C@H]3CCC4[C@@]5(C)CC[C@H](OC(=O)CC(C)(C)C(=O)O)C(C)(C)C5CC[C@@]4(C)[C@]3(C)CC[C@@]2(CCN(CCN)Cc2cccnc2)CC1=O. The molecule has 1 aromatic heterocycles. The second-order valence-corrected chi connectivity index (χ2v) is 20.4. The molecule has 0 aromatic carbocycles. The minimum Gasteiger partial charge on any atom is -0.481 e. The van der Waals surface area contributed by atoms with Crippen molar-refractivity contribution in [2.24, 2.45) is 61.9 Å². The van der Waals surface area contributed by atoms with Crippen molar-refractivity contribution in [3.05, 3.63) is 41.2 Å². The number of hydrogen-bond acceptors (Lipinski definition) is 7. The van der Waals surface area contributed by atoms with E-state index in [-0.39, 0.29) is 45.5 Å². The van der Waals surface area contributed by atoms with Crippen LogP contribution in [0.3, 0.4) is 0 Å². The van der Waals surface area contributed by atoms with Gasteiger partial charge in [-0.25, -0.2) is 0 Å². The number of aliphatic carboxylic acids is 1. The maximum Gasteiger partial charge on any atom is 0.309 e. The van der Waals surface area contributed by atoms with Gasteiger partial charge in [-0.2, -0.15) is 0 Å². The lowest BCUT2D eigenvalue weighted by Gasteiger charge is -2.72. The van der Waals surface area contributed by atoms with E-state index in [2.05, 4.69) is 64.4 Å². The summed E-state index contributed by atoms with van der Waals surface area (Å²) < 4.78 is 6.19. The van der Waals surface area contributed by atoms with Crippen molar-refractivity contribution in [2.45, 2.75) is 146 Å². The Morgan fingerprint density at radius 1 is 1.00 bits per heavy atom. The number of hydrogen-bond donors (Lipinski definition) is 2. The Balaban J connectivity index is 1.26. The van der Waals surface area contributed by atoms with Gasteiger partial charge < -0.3 is 15.6 Å². The summed E-state index contributed by atoms with van der Waals surface area (Å²) in [7, 11) is 0. The highest BCUT2D eigenvalue weighted by Crippen LogP contribution is 2.77. The zero-order valence-corrected chi connectivity index (χ0v) is 34.4. The van der Waals surface area contributed by atoms with Gasteiger partial charge in [0.1, 0.15) is 6.10 Å². The van der Waals surface area contributed by atoms with E-state index in [9.17, 15) is 19.5 Å². The quantitative estimate of drug-likeness (QED) is 0.205. The Bertz CT molecular complexity index is 1600. The molecule has 53 heavy (non-hydrogen) atoms. The predicted molar refractivity (Wildman–Crippen MR) is 209 cm³/mol. The Hall–Kier alpha value is -2.58. The molecule has 8 heteroatoms. The summed E-state index contributed by atoms with van der Waals surface area (Å²) in [5, 5.41) is 9.63. The lowest BCUT2D eigenvalue weighted by Crippen LogP contribution is -2.65. The van der Waals surface area contributed by atoms with Gasteiger partial charge in [-0.15, -0.1) is 0 Å². The van der Waals surface area contributed by atoms with Crippen LogP contribution < -0.4 is 5.73 Å². The highest BCUT2D eigenvalue weighted by Gasteiger charge is 2.70. The topological polar surface area (TPSA) is 123 Å². The average Bonchev–Trinajstić information content (AvgIpc) is 3.38. The van der Waals surface area contributed by atoms with Crippen LogP contribution in [-0.2, 0) is 25.7 Å². The molecule has 0 aliphatic heterocycles. The molecule has 2 unspecified atom stereocenters. The molecular formula is C45H69N3O5. The first-order valence-electron chi connectivity index (χ1n) is 20.8. The zero-order valence-electron chi connectivity index (χ0n) is 34.4. The first-order valence-corrected chi connectivity index (χ1v) is 20.8. The van der Waals surface area contributed by atoms with Crippen molar-refractivity contribution in [1.29, 1.82) is 0 Å². The van der Waals surface area contributed by atoms with Gasteiger partial charge in [0.05, 0.1) is 11.8 Å². The molecule has 4 saturated carbocycles. The van der Waals surface area contributed by atoms with Crippen LogP contribution in [0.15, 0.2) is 35.7 Å². The van der Waals surface area contributed by atoms with Gasteiger partial charge in [-0.1, -0.05) is 60.1 Å². The molecule has 8 atom stereocenters. The molecule has 5 aliphatic rings. The lowest BCUT2D eigenvalue weighted by atomic mass is 9.33. The number of allylic oxidation sites excluding steroid dienone is 2. The standard InChI is InChI=1S/C45H69N3O5/c1-29(2)37-32(49)25-45(20-23-48(24-21-46)28-30-11-10-22-47-27-30)19-18-43(8)31(38(37)45)12-13-34-42(7)16-15-35(53-36(50)26-40(3,4)39(51)52)41(5,6)33(42)14-17-44(34,43)9/h10-11,22,27,29,31,33-35H,12-21,23-26,28,46H2,1-9H3,(H,51,52)/t31-,33?,34?,35+,42+,43-,44-,45-/m1/s1. The fourth-order valence-electron chi connectivity index (χ4n) is 13.4. The van der Waals surface area contributed by atoms with E-state index in [0.29, 0.717) is 36.5 Å². The average molecular weight is 732 g/mol. The van der Waals surface area contributed by atoms with Crippen molar-refractivity contribution < 1.29 is 24.2 Å². The van der Waals surface area contributed by atoms with Crippen LogP contribution >= 0.6 is 0 Å². The number of carbonyl (C=O) groups excluding carboxylic acids is 2. The fourth-order valence-corrected chi connectivity index (χ4v) is 13.4. The number of nitrogens with two attached hydrogens (primary N) is 1. The number of esters is 1. The molecule has 294 valence electrons. The molecule has 5 aliphatic carbocycles. The van der Waals surface area contributed by atoms with Gasteiger partial charge in [0.2, 0.25) is 0 Å². The van der Waals surface area contributed by atoms with Crippen molar-refractivity contribution in [1.82, 2.24) is 9.88 Å². The number of carboxylic acid groups (broad SMARTS) is 1. The van der Waals surface area contributed by atoms with Crippen LogP contribution in [0.4, 0.5) is 0 Å². The predicted octanol–water partition coefficient (Wildman–Crippen LogP) is 8.63. The van der Waals surface area contributed by atoms with Crippen LogP contribution in [-0.4, -0.2) is 58.5 Å². The molecule has 8 nitrogen and oxygen atoms in total. The monoisotopic (exact) mass is 732 g/mol. The minimum absolute atomic E-state index is 0.0773. The molecule has 0 amide bonds. The number of fused-ring (bicyclic) bond motifs is 7. The molecule has 0 spiro atoms. The first-order chi connectivity index (χ1) is 24.8. The van der Waals surface area contributed by atoms with Gasteiger partial charge in [-0.3, -0.25) is 24.3 Å². The van der Waals surface area contributed by atoms with Crippen molar-refractivity contribution in [3.8, 4) is 0 Å².